The molecule has 0 aromatic heterocycles. The highest BCUT2D eigenvalue weighted by Crippen LogP contribution is 2.52. The molecule has 1 heteroatoms. The van der Waals surface area contributed by atoms with Gasteiger partial charge in [0.15, 0.2) is 0 Å². The van der Waals surface area contributed by atoms with Crippen LogP contribution in [0.1, 0.15) is 47.0 Å². The van der Waals surface area contributed by atoms with E-state index in [-0.39, 0.29) is 0 Å². The molecule has 0 aliphatic carbocycles. The monoisotopic (exact) mass is 217 g/mol. The van der Waals surface area contributed by atoms with E-state index in [1.165, 1.54) is 31.6 Å². The van der Waals surface area contributed by atoms with Gasteiger partial charge in [0, 0.05) is 20.6 Å². The Morgan fingerprint density at radius 2 is 1.57 bits per heavy atom. The van der Waals surface area contributed by atoms with Gasteiger partial charge in [0.05, 0.1) is 12.3 Å². The van der Waals surface area contributed by atoms with E-state index in [0.717, 1.165) is 11.8 Å². The molecule has 0 spiro atoms. The van der Waals surface area contributed by atoms with E-state index in [1.54, 1.807) is 0 Å². The summed E-state index contributed by atoms with van der Waals surface area (Å²) in [7, 11) is -0.541. The third-order valence-corrected chi connectivity index (χ3v) is 7.12. The second kappa shape index (κ2) is 6.83. The molecular formula is C13H30P+. The van der Waals surface area contributed by atoms with Gasteiger partial charge >= 0.3 is 0 Å². The number of hydrogen-bond donors (Lipinski definition) is 0. The fourth-order valence-corrected chi connectivity index (χ4v) is 3.24. The van der Waals surface area contributed by atoms with E-state index in [0.29, 0.717) is 0 Å². The molecule has 0 radical (unpaired) electrons. The lowest BCUT2D eigenvalue weighted by Crippen LogP contribution is -2.13. The van der Waals surface area contributed by atoms with Crippen LogP contribution in [-0.4, -0.2) is 25.7 Å². The summed E-state index contributed by atoms with van der Waals surface area (Å²) in [6.45, 7) is 14.5. The lowest BCUT2D eigenvalue weighted by atomic mass is 9.88. The summed E-state index contributed by atoms with van der Waals surface area (Å²) in [5, 5.41) is 0. The van der Waals surface area contributed by atoms with Crippen molar-refractivity contribution in [1.82, 2.24) is 0 Å². The Labute approximate surface area is 92.2 Å². The SMILES string of the molecule is CCC(C)C(CC)CC[P+](C)(C)CC. The van der Waals surface area contributed by atoms with Crippen molar-refractivity contribution in [3.63, 3.8) is 0 Å². The molecule has 0 saturated heterocycles. The lowest BCUT2D eigenvalue weighted by Gasteiger charge is -2.24. The minimum atomic E-state index is -0.541. The fraction of sp³-hybridized carbons (Fsp3) is 1.00. The predicted molar refractivity (Wildman–Crippen MR) is 72.0 cm³/mol. The summed E-state index contributed by atoms with van der Waals surface area (Å²) in [6, 6.07) is 0. The van der Waals surface area contributed by atoms with Gasteiger partial charge in [-0.2, -0.15) is 0 Å². The third kappa shape index (κ3) is 5.35. The molecule has 0 heterocycles. The molecule has 0 fully saturated rings. The van der Waals surface area contributed by atoms with E-state index in [9.17, 15) is 0 Å². The Hall–Kier alpha value is 0.430. The van der Waals surface area contributed by atoms with Crippen LogP contribution in [0.3, 0.4) is 0 Å². The third-order valence-electron chi connectivity index (χ3n) is 3.93. The van der Waals surface area contributed by atoms with Crippen LogP contribution in [0, 0.1) is 11.8 Å². The molecule has 2 atom stereocenters. The van der Waals surface area contributed by atoms with Crippen LogP contribution in [-0.2, 0) is 0 Å². The van der Waals surface area contributed by atoms with Crippen LogP contribution in [0.25, 0.3) is 0 Å². The molecule has 0 rings (SSSR count). The largest absolute Gasteiger partial charge is 0.0651 e. The van der Waals surface area contributed by atoms with E-state index >= 15 is 0 Å². The average Bonchev–Trinajstić information content (AvgIpc) is 2.18. The molecule has 0 nitrogen and oxygen atoms in total. The minimum absolute atomic E-state index is 0.541. The van der Waals surface area contributed by atoms with Crippen LogP contribution in [0.2, 0.25) is 0 Å². The van der Waals surface area contributed by atoms with E-state index in [1.807, 2.05) is 0 Å². The molecule has 0 bridgehead atoms. The Morgan fingerprint density at radius 1 is 1.00 bits per heavy atom. The van der Waals surface area contributed by atoms with Gasteiger partial charge in [-0.25, -0.2) is 0 Å². The Balaban J connectivity index is 3.95. The summed E-state index contributed by atoms with van der Waals surface area (Å²) in [5.41, 5.74) is 0. The zero-order valence-electron chi connectivity index (χ0n) is 11.1. The molecule has 2 unspecified atom stereocenters. The second-order valence-electron chi connectivity index (χ2n) is 5.32. The van der Waals surface area contributed by atoms with Gasteiger partial charge in [0.1, 0.15) is 0 Å². The van der Waals surface area contributed by atoms with Crippen molar-refractivity contribution in [2.45, 2.75) is 47.0 Å². The van der Waals surface area contributed by atoms with E-state index in [2.05, 4.69) is 41.0 Å². The molecule has 14 heavy (non-hydrogen) atoms. The van der Waals surface area contributed by atoms with Gasteiger partial charge in [-0.15, -0.1) is 0 Å². The molecule has 0 saturated carbocycles. The van der Waals surface area contributed by atoms with Gasteiger partial charge in [-0.3, -0.25) is 0 Å². The van der Waals surface area contributed by atoms with Crippen LogP contribution < -0.4 is 0 Å². The number of rotatable bonds is 7. The first-order valence-corrected chi connectivity index (χ1v) is 9.34. The highest BCUT2D eigenvalue weighted by atomic mass is 31.2. The second-order valence-corrected chi connectivity index (χ2v) is 10.3. The summed E-state index contributed by atoms with van der Waals surface area (Å²) < 4.78 is 0. The van der Waals surface area contributed by atoms with Crippen molar-refractivity contribution in [2.24, 2.45) is 11.8 Å². The van der Waals surface area contributed by atoms with Gasteiger partial charge in [-0.05, 0) is 25.2 Å². The first-order chi connectivity index (χ1) is 6.46. The molecule has 86 valence electrons. The maximum atomic E-state index is 2.51. The first kappa shape index (κ1) is 14.4. The van der Waals surface area contributed by atoms with Gasteiger partial charge < -0.3 is 0 Å². The summed E-state index contributed by atoms with van der Waals surface area (Å²) in [4.78, 5) is 0. The predicted octanol–water partition coefficient (Wildman–Crippen LogP) is 4.75. The van der Waals surface area contributed by atoms with Crippen molar-refractivity contribution in [1.29, 1.82) is 0 Å². The van der Waals surface area contributed by atoms with Crippen LogP contribution in [0.15, 0.2) is 0 Å². The zero-order valence-corrected chi connectivity index (χ0v) is 12.0. The molecule has 0 aliphatic heterocycles. The summed E-state index contributed by atoms with van der Waals surface area (Å²) >= 11 is 0. The molecule has 0 aromatic rings. The van der Waals surface area contributed by atoms with Crippen LogP contribution in [0.4, 0.5) is 0 Å². The van der Waals surface area contributed by atoms with Gasteiger partial charge in [0.25, 0.3) is 0 Å². The highest BCUT2D eigenvalue weighted by molar-refractivity contribution is 7.74. The lowest BCUT2D eigenvalue weighted by molar-refractivity contribution is 0.330. The van der Waals surface area contributed by atoms with Crippen molar-refractivity contribution in [3.05, 3.63) is 0 Å². The molecule has 0 aromatic carbocycles. The topological polar surface area (TPSA) is 0 Å². The standard InChI is InChI=1S/C13H30P/c1-7-12(4)13(8-2)10-11-14(5,6)9-3/h12-13H,7-11H2,1-6H3/q+1. The number of hydrogen-bond acceptors (Lipinski definition) is 0. The first-order valence-electron chi connectivity index (χ1n) is 6.28. The summed E-state index contributed by atoms with van der Waals surface area (Å²) in [5.74, 6) is 1.91. The Kier molecular flexibility index (Phi) is 7.04. The van der Waals surface area contributed by atoms with Crippen molar-refractivity contribution in [2.75, 3.05) is 25.7 Å². The van der Waals surface area contributed by atoms with E-state index in [4.69, 9.17) is 0 Å². The average molecular weight is 217 g/mol. The maximum absolute atomic E-state index is 2.51. The van der Waals surface area contributed by atoms with Gasteiger partial charge in [-0.1, -0.05) is 33.6 Å². The Bertz CT molecular complexity index is 140. The summed E-state index contributed by atoms with van der Waals surface area (Å²) in [6.07, 6.45) is 7.12. The zero-order chi connectivity index (χ0) is 11.2. The fourth-order valence-electron chi connectivity index (χ4n) is 1.90. The quantitative estimate of drug-likeness (QED) is 0.540. The Morgan fingerprint density at radius 3 is 1.93 bits per heavy atom. The van der Waals surface area contributed by atoms with Crippen molar-refractivity contribution < 1.29 is 0 Å². The van der Waals surface area contributed by atoms with Crippen LogP contribution >= 0.6 is 7.26 Å². The molecule has 0 N–H and O–H groups in total. The highest BCUT2D eigenvalue weighted by Gasteiger charge is 2.24. The normalized spacial score (nSPS) is 16.7. The van der Waals surface area contributed by atoms with Crippen molar-refractivity contribution >= 4 is 7.26 Å². The molecule has 0 amide bonds. The molecule has 0 aliphatic rings. The molecular weight excluding hydrogens is 187 g/mol. The maximum Gasteiger partial charge on any atom is 0.0591 e. The van der Waals surface area contributed by atoms with Crippen molar-refractivity contribution in [3.8, 4) is 0 Å². The minimum Gasteiger partial charge on any atom is -0.0651 e. The van der Waals surface area contributed by atoms with Gasteiger partial charge in [0.2, 0.25) is 0 Å². The smallest absolute Gasteiger partial charge is 0.0591 e. The van der Waals surface area contributed by atoms with Crippen LogP contribution in [0.5, 0.6) is 0 Å². The van der Waals surface area contributed by atoms with E-state index < -0.39 is 7.26 Å².